The SMILES string of the molecule is CC(NC(=O)COc1ccccc1)=C1C(=O)c2ccccc2S(=O)(=O)N1C. The first kappa shape index (κ1) is 18.7. The molecule has 0 spiro atoms. The Morgan fingerprint density at radius 1 is 1.07 bits per heavy atom. The van der Waals surface area contributed by atoms with Crippen LogP contribution >= 0.6 is 0 Å². The Balaban J connectivity index is 1.84. The molecule has 0 fully saturated rings. The molecule has 140 valence electrons. The maximum Gasteiger partial charge on any atom is 0.264 e. The second-order valence-corrected chi connectivity index (χ2v) is 7.86. The molecular formula is C19H18N2O5S. The van der Waals surface area contributed by atoms with Crippen LogP contribution in [0.4, 0.5) is 0 Å². The average molecular weight is 386 g/mol. The third-order valence-corrected chi connectivity index (χ3v) is 5.91. The summed E-state index contributed by atoms with van der Waals surface area (Å²) in [5.41, 5.74) is 0.128. The van der Waals surface area contributed by atoms with Crippen LogP contribution in [0, 0.1) is 0 Å². The number of para-hydroxylation sites is 1. The van der Waals surface area contributed by atoms with Gasteiger partial charge in [-0.3, -0.25) is 13.9 Å². The predicted molar refractivity (Wildman–Crippen MR) is 98.5 cm³/mol. The number of nitrogens with zero attached hydrogens (tertiary/aromatic N) is 1. The van der Waals surface area contributed by atoms with Gasteiger partial charge >= 0.3 is 0 Å². The third kappa shape index (κ3) is 3.56. The summed E-state index contributed by atoms with van der Waals surface area (Å²) in [5, 5.41) is 2.54. The zero-order valence-corrected chi connectivity index (χ0v) is 15.6. The molecule has 1 amide bonds. The number of benzene rings is 2. The number of carbonyl (C=O) groups is 2. The number of sulfonamides is 1. The molecule has 0 bridgehead atoms. The van der Waals surface area contributed by atoms with E-state index in [1.165, 1.54) is 26.1 Å². The molecule has 0 unspecified atom stereocenters. The van der Waals surface area contributed by atoms with Crippen LogP contribution in [0.15, 0.2) is 70.9 Å². The minimum atomic E-state index is -3.87. The van der Waals surface area contributed by atoms with E-state index in [2.05, 4.69) is 5.32 Å². The van der Waals surface area contributed by atoms with E-state index in [-0.39, 0.29) is 28.5 Å². The highest BCUT2D eigenvalue weighted by Gasteiger charge is 2.38. The smallest absolute Gasteiger partial charge is 0.264 e. The van der Waals surface area contributed by atoms with Crippen molar-refractivity contribution in [2.75, 3.05) is 13.7 Å². The van der Waals surface area contributed by atoms with E-state index in [0.29, 0.717) is 5.75 Å². The number of Topliss-reactive ketones (excluding diaryl/α,β-unsaturated/α-hetero) is 1. The summed E-state index contributed by atoms with van der Waals surface area (Å²) >= 11 is 0. The maximum absolute atomic E-state index is 12.8. The molecule has 1 aliphatic heterocycles. The van der Waals surface area contributed by atoms with Gasteiger partial charge in [0.15, 0.2) is 6.61 Å². The maximum atomic E-state index is 12.8. The monoisotopic (exact) mass is 386 g/mol. The van der Waals surface area contributed by atoms with Crippen molar-refractivity contribution in [1.82, 2.24) is 9.62 Å². The first-order chi connectivity index (χ1) is 12.8. The number of rotatable bonds is 4. The molecule has 1 N–H and O–H groups in total. The Kier molecular flexibility index (Phi) is 5.00. The Morgan fingerprint density at radius 2 is 1.70 bits per heavy atom. The Morgan fingerprint density at radius 3 is 2.41 bits per heavy atom. The van der Waals surface area contributed by atoms with Crippen LogP contribution in [0.1, 0.15) is 17.3 Å². The highest BCUT2D eigenvalue weighted by Crippen LogP contribution is 2.31. The topological polar surface area (TPSA) is 92.8 Å². The molecule has 1 heterocycles. The van der Waals surface area contributed by atoms with E-state index in [0.717, 1.165) is 4.31 Å². The molecule has 0 saturated carbocycles. The van der Waals surface area contributed by atoms with Gasteiger partial charge in [-0.15, -0.1) is 0 Å². The summed E-state index contributed by atoms with van der Waals surface area (Å²) in [4.78, 5) is 24.9. The lowest BCUT2D eigenvalue weighted by atomic mass is 10.1. The molecule has 0 atom stereocenters. The van der Waals surface area contributed by atoms with Crippen LogP contribution in [-0.4, -0.2) is 38.1 Å². The normalized spacial score (nSPS) is 17.1. The van der Waals surface area contributed by atoms with E-state index in [4.69, 9.17) is 4.74 Å². The molecule has 0 saturated heterocycles. The number of ketones is 1. The van der Waals surface area contributed by atoms with Crippen molar-refractivity contribution < 1.29 is 22.7 Å². The predicted octanol–water partition coefficient (Wildman–Crippen LogP) is 1.93. The van der Waals surface area contributed by atoms with Crippen molar-refractivity contribution >= 4 is 21.7 Å². The fourth-order valence-electron chi connectivity index (χ4n) is 2.79. The molecule has 8 heteroatoms. The Bertz CT molecular complexity index is 1030. The van der Waals surface area contributed by atoms with Crippen LogP contribution in [0.2, 0.25) is 0 Å². The van der Waals surface area contributed by atoms with Crippen molar-refractivity contribution in [2.24, 2.45) is 0 Å². The minimum Gasteiger partial charge on any atom is -0.484 e. The first-order valence-electron chi connectivity index (χ1n) is 8.13. The van der Waals surface area contributed by atoms with Crippen LogP contribution in [-0.2, 0) is 14.8 Å². The third-order valence-electron chi connectivity index (χ3n) is 4.10. The zero-order valence-electron chi connectivity index (χ0n) is 14.8. The van der Waals surface area contributed by atoms with Crippen molar-refractivity contribution in [2.45, 2.75) is 11.8 Å². The Hall–Kier alpha value is -3.13. The summed E-state index contributed by atoms with van der Waals surface area (Å²) in [7, 11) is -2.58. The van der Waals surface area contributed by atoms with E-state index < -0.39 is 21.7 Å². The Labute approximate surface area is 157 Å². The summed E-state index contributed by atoms with van der Waals surface area (Å²) < 4.78 is 31.6. The van der Waals surface area contributed by atoms with Crippen molar-refractivity contribution in [1.29, 1.82) is 0 Å². The molecule has 0 radical (unpaired) electrons. The van der Waals surface area contributed by atoms with Gasteiger partial charge in [0.2, 0.25) is 5.78 Å². The van der Waals surface area contributed by atoms with E-state index >= 15 is 0 Å². The number of nitrogens with one attached hydrogen (secondary N) is 1. The molecule has 7 nitrogen and oxygen atoms in total. The highest BCUT2D eigenvalue weighted by atomic mass is 32.2. The molecule has 0 aliphatic carbocycles. The molecule has 2 aromatic carbocycles. The number of likely N-dealkylation sites (N-methyl/N-ethyl adjacent to an activating group) is 1. The molecule has 2 aromatic rings. The largest absolute Gasteiger partial charge is 0.484 e. The van der Waals surface area contributed by atoms with Crippen molar-refractivity contribution in [3.05, 3.63) is 71.6 Å². The number of hydrogen-bond donors (Lipinski definition) is 1. The first-order valence-corrected chi connectivity index (χ1v) is 9.57. The highest BCUT2D eigenvalue weighted by molar-refractivity contribution is 7.89. The lowest BCUT2D eigenvalue weighted by Crippen LogP contribution is -2.39. The number of ether oxygens (including phenoxy) is 1. The standard InChI is InChI=1S/C19H18N2O5S/c1-13(20-17(22)12-26-14-8-4-3-5-9-14)18-19(23)15-10-6-7-11-16(15)27(24,25)21(18)2/h3-11H,12H2,1-2H3,(H,20,22). The lowest BCUT2D eigenvalue weighted by Gasteiger charge is -2.29. The number of hydrogen-bond acceptors (Lipinski definition) is 5. The number of carbonyl (C=O) groups excluding carboxylic acids is 2. The van der Waals surface area contributed by atoms with Crippen LogP contribution < -0.4 is 10.1 Å². The van der Waals surface area contributed by atoms with Gasteiger partial charge < -0.3 is 10.1 Å². The quantitative estimate of drug-likeness (QED) is 0.811. The minimum absolute atomic E-state index is 0.0483. The summed E-state index contributed by atoms with van der Waals surface area (Å²) in [6, 6.07) is 14.8. The summed E-state index contributed by atoms with van der Waals surface area (Å²) in [5.74, 6) is -0.439. The van der Waals surface area contributed by atoms with E-state index in [1.54, 1.807) is 36.4 Å². The van der Waals surface area contributed by atoms with Crippen LogP contribution in [0.25, 0.3) is 0 Å². The van der Waals surface area contributed by atoms with Gasteiger partial charge in [0, 0.05) is 18.3 Å². The molecule has 0 aromatic heterocycles. The fraction of sp³-hybridized carbons (Fsp3) is 0.158. The van der Waals surface area contributed by atoms with Gasteiger partial charge in [0.05, 0.1) is 4.90 Å². The van der Waals surface area contributed by atoms with Gasteiger partial charge in [0.25, 0.3) is 15.9 Å². The van der Waals surface area contributed by atoms with E-state index in [1.807, 2.05) is 6.07 Å². The van der Waals surface area contributed by atoms with Crippen molar-refractivity contribution in [3.8, 4) is 5.75 Å². The zero-order chi connectivity index (χ0) is 19.6. The van der Waals surface area contributed by atoms with Crippen LogP contribution in [0.5, 0.6) is 5.75 Å². The molecular weight excluding hydrogens is 368 g/mol. The molecule has 3 rings (SSSR count). The average Bonchev–Trinajstić information content (AvgIpc) is 2.66. The number of allylic oxidation sites excluding steroid dienone is 2. The van der Waals surface area contributed by atoms with Gasteiger partial charge in [0.1, 0.15) is 11.4 Å². The second kappa shape index (κ2) is 7.24. The summed E-state index contributed by atoms with van der Waals surface area (Å²) in [6.07, 6.45) is 0. The van der Waals surface area contributed by atoms with Gasteiger partial charge in [-0.25, -0.2) is 8.42 Å². The number of fused-ring (bicyclic) bond motifs is 1. The lowest BCUT2D eigenvalue weighted by molar-refractivity contribution is -0.122. The molecule has 1 aliphatic rings. The fourth-order valence-corrected chi connectivity index (χ4v) is 4.24. The number of amides is 1. The van der Waals surface area contributed by atoms with Gasteiger partial charge in [-0.1, -0.05) is 30.3 Å². The molecule has 27 heavy (non-hydrogen) atoms. The van der Waals surface area contributed by atoms with Gasteiger partial charge in [-0.2, -0.15) is 0 Å². The van der Waals surface area contributed by atoms with Crippen molar-refractivity contribution in [3.63, 3.8) is 0 Å². The van der Waals surface area contributed by atoms with E-state index in [9.17, 15) is 18.0 Å². The second-order valence-electron chi connectivity index (χ2n) is 5.92. The summed E-state index contributed by atoms with van der Waals surface area (Å²) in [6.45, 7) is 1.21. The van der Waals surface area contributed by atoms with Crippen LogP contribution in [0.3, 0.4) is 0 Å². The van der Waals surface area contributed by atoms with Gasteiger partial charge in [-0.05, 0) is 31.2 Å².